The van der Waals surface area contributed by atoms with Crippen molar-refractivity contribution < 1.29 is 14.0 Å². The first kappa shape index (κ1) is 16.0. The first-order valence-electron chi connectivity index (χ1n) is 7.86. The van der Waals surface area contributed by atoms with E-state index in [-0.39, 0.29) is 11.2 Å². The molecule has 0 saturated carbocycles. The van der Waals surface area contributed by atoms with E-state index < -0.39 is 7.12 Å². The van der Waals surface area contributed by atoms with Gasteiger partial charge in [0.05, 0.1) is 16.8 Å². The molecule has 0 amide bonds. The summed E-state index contributed by atoms with van der Waals surface area (Å²) in [4.78, 5) is 4.38. The zero-order valence-corrected chi connectivity index (χ0v) is 14.1. The van der Waals surface area contributed by atoms with Crippen LogP contribution in [0.1, 0.15) is 33.3 Å². The molecule has 3 rings (SSSR count). The summed E-state index contributed by atoms with van der Waals surface area (Å²) < 4.78 is 17.9. The first-order valence-corrected chi connectivity index (χ1v) is 7.86. The van der Waals surface area contributed by atoms with Gasteiger partial charge in [-0.25, -0.2) is 0 Å². The molecule has 0 bridgehead atoms. The molecule has 2 aromatic rings. The Labute approximate surface area is 137 Å². The van der Waals surface area contributed by atoms with Gasteiger partial charge in [0, 0.05) is 6.20 Å². The van der Waals surface area contributed by atoms with E-state index in [0.717, 1.165) is 16.9 Å². The van der Waals surface area contributed by atoms with Crippen LogP contribution in [0.2, 0.25) is 0 Å². The van der Waals surface area contributed by atoms with Crippen LogP contribution in [-0.2, 0) is 15.9 Å². The molecule has 0 unspecified atom stereocenters. The molecule has 1 aromatic carbocycles. The minimum Gasteiger partial charge on any atom is -0.489 e. The van der Waals surface area contributed by atoms with Crippen molar-refractivity contribution >= 4 is 12.7 Å². The van der Waals surface area contributed by atoms with Gasteiger partial charge in [-0.1, -0.05) is 30.3 Å². The van der Waals surface area contributed by atoms with Crippen LogP contribution >= 0.6 is 0 Å². The minimum atomic E-state index is -0.472. The predicted octanol–water partition coefficient (Wildman–Crippen LogP) is 2.96. The second-order valence-corrected chi connectivity index (χ2v) is 6.78. The lowest BCUT2D eigenvalue weighted by atomic mass is 9.84. The maximum absolute atomic E-state index is 6.03. The Hall–Kier alpha value is -1.85. The molecular weight excluding hydrogens is 289 g/mol. The predicted molar refractivity (Wildman–Crippen MR) is 90.7 cm³/mol. The van der Waals surface area contributed by atoms with Gasteiger partial charge in [0.1, 0.15) is 12.4 Å². The van der Waals surface area contributed by atoms with E-state index in [1.165, 1.54) is 0 Å². The van der Waals surface area contributed by atoms with Gasteiger partial charge in [-0.05, 0) is 45.4 Å². The fourth-order valence-electron chi connectivity index (χ4n) is 2.35. The molecule has 0 atom stereocenters. The number of ether oxygens (including phenoxy) is 1. The van der Waals surface area contributed by atoms with E-state index in [9.17, 15) is 0 Å². The Kier molecular flexibility index (Phi) is 4.17. The molecule has 4 nitrogen and oxygen atoms in total. The van der Waals surface area contributed by atoms with Crippen LogP contribution in [0.15, 0.2) is 48.7 Å². The van der Waals surface area contributed by atoms with E-state index in [1.54, 1.807) is 6.20 Å². The standard InChI is InChI=1S/C18H22BNO3/c1-17(2)18(3,4)23-19(22-17)16-12-15(10-11-20-16)21-13-14-8-6-5-7-9-14/h5-12H,13H2,1-4H3. The summed E-state index contributed by atoms with van der Waals surface area (Å²) in [5, 5.41) is 0. The highest BCUT2D eigenvalue weighted by Crippen LogP contribution is 2.36. The Balaban J connectivity index is 1.71. The SMILES string of the molecule is CC1(C)OB(c2cc(OCc3ccccc3)ccn2)OC1(C)C. The van der Waals surface area contributed by atoms with E-state index in [2.05, 4.69) is 4.98 Å². The zero-order valence-electron chi connectivity index (χ0n) is 14.1. The summed E-state index contributed by atoms with van der Waals surface area (Å²) in [5.41, 5.74) is 1.11. The highest BCUT2D eigenvalue weighted by atomic mass is 16.7. The van der Waals surface area contributed by atoms with Crippen molar-refractivity contribution in [2.45, 2.75) is 45.5 Å². The van der Waals surface area contributed by atoms with Crippen molar-refractivity contribution in [1.82, 2.24) is 4.98 Å². The monoisotopic (exact) mass is 311 g/mol. The third-order valence-corrected chi connectivity index (χ3v) is 4.50. The maximum Gasteiger partial charge on any atom is 0.514 e. The van der Waals surface area contributed by atoms with Gasteiger partial charge in [0.15, 0.2) is 0 Å². The van der Waals surface area contributed by atoms with E-state index in [4.69, 9.17) is 14.0 Å². The van der Waals surface area contributed by atoms with Crippen molar-refractivity contribution in [3.63, 3.8) is 0 Å². The van der Waals surface area contributed by atoms with Crippen LogP contribution in [0.5, 0.6) is 5.75 Å². The minimum absolute atomic E-state index is 0.375. The van der Waals surface area contributed by atoms with Gasteiger partial charge in [0.25, 0.3) is 0 Å². The molecule has 0 spiro atoms. The number of hydrogen-bond acceptors (Lipinski definition) is 4. The molecule has 1 aliphatic heterocycles. The van der Waals surface area contributed by atoms with Crippen LogP contribution < -0.4 is 10.3 Å². The van der Waals surface area contributed by atoms with Crippen molar-refractivity contribution in [2.24, 2.45) is 0 Å². The summed E-state index contributed by atoms with van der Waals surface area (Å²) >= 11 is 0. The third kappa shape index (κ3) is 3.41. The van der Waals surface area contributed by atoms with Gasteiger partial charge < -0.3 is 14.0 Å². The number of benzene rings is 1. The Morgan fingerprint density at radius 1 is 1.00 bits per heavy atom. The van der Waals surface area contributed by atoms with Gasteiger partial charge in [-0.15, -0.1) is 0 Å². The van der Waals surface area contributed by atoms with Crippen molar-refractivity contribution in [2.75, 3.05) is 0 Å². The first-order chi connectivity index (χ1) is 10.9. The average Bonchev–Trinajstić information content (AvgIpc) is 2.75. The number of rotatable bonds is 4. The number of nitrogens with zero attached hydrogens (tertiary/aromatic N) is 1. The summed E-state index contributed by atoms with van der Waals surface area (Å²) in [5.74, 6) is 0.758. The fourth-order valence-corrected chi connectivity index (χ4v) is 2.35. The molecule has 5 heteroatoms. The maximum atomic E-state index is 6.03. The Bertz CT molecular complexity index is 657. The van der Waals surface area contributed by atoms with Gasteiger partial charge in [-0.3, -0.25) is 4.98 Å². The highest BCUT2D eigenvalue weighted by molar-refractivity contribution is 6.61. The second-order valence-electron chi connectivity index (χ2n) is 6.78. The lowest BCUT2D eigenvalue weighted by molar-refractivity contribution is 0.00578. The molecule has 1 aromatic heterocycles. The van der Waals surface area contributed by atoms with E-state index in [0.29, 0.717) is 6.61 Å². The normalized spacial score (nSPS) is 18.9. The molecule has 23 heavy (non-hydrogen) atoms. The van der Waals surface area contributed by atoms with Crippen LogP contribution in [-0.4, -0.2) is 23.3 Å². The van der Waals surface area contributed by atoms with Crippen LogP contribution in [0, 0.1) is 0 Å². The molecular formula is C18H22BNO3. The number of aromatic nitrogens is 1. The topological polar surface area (TPSA) is 40.6 Å². The van der Waals surface area contributed by atoms with Crippen LogP contribution in [0.4, 0.5) is 0 Å². The van der Waals surface area contributed by atoms with Crippen LogP contribution in [0.25, 0.3) is 0 Å². The van der Waals surface area contributed by atoms with E-state index in [1.807, 2.05) is 70.2 Å². The molecule has 1 aliphatic rings. The summed E-state index contributed by atoms with van der Waals surface area (Å²) in [6, 6.07) is 13.8. The van der Waals surface area contributed by atoms with Crippen molar-refractivity contribution in [3.05, 3.63) is 54.2 Å². The average molecular weight is 311 g/mol. The summed E-state index contributed by atoms with van der Waals surface area (Å²) in [6.45, 7) is 8.64. The summed E-state index contributed by atoms with van der Waals surface area (Å²) in [6.07, 6.45) is 1.72. The largest absolute Gasteiger partial charge is 0.514 e. The lowest BCUT2D eigenvalue weighted by Gasteiger charge is -2.32. The molecule has 120 valence electrons. The van der Waals surface area contributed by atoms with E-state index >= 15 is 0 Å². The zero-order chi connectivity index (χ0) is 16.5. The summed E-state index contributed by atoms with van der Waals surface area (Å²) in [7, 11) is -0.472. The Morgan fingerprint density at radius 3 is 2.30 bits per heavy atom. The number of pyridine rings is 1. The molecule has 0 N–H and O–H groups in total. The third-order valence-electron chi connectivity index (χ3n) is 4.50. The molecule has 2 heterocycles. The quantitative estimate of drug-likeness (QED) is 0.814. The van der Waals surface area contributed by atoms with Crippen molar-refractivity contribution in [1.29, 1.82) is 0 Å². The van der Waals surface area contributed by atoms with Gasteiger partial charge >= 0.3 is 7.12 Å². The number of hydrogen-bond donors (Lipinski definition) is 0. The van der Waals surface area contributed by atoms with Crippen LogP contribution in [0.3, 0.4) is 0 Å². The molecule has 0 aliphatic carbocycles. The molecule has 0 radical (unpaired) electrons. The molecule has 1 saturated heterocycles. The molecule has 1 fully saturated rings. The van der Waals surface area contributed by atoms with Gasteiger partial charge in [0.2, 0.25) is 0 Å². The highest BCUT2D eigenvalue weighted by Gasteiger charge is 2.52. The fraction of sp³-hybridized carbons (Fsp3) is 0.389. The lowest BCUT2D eigenvalue weighted by Crippen LogP contribution is -2.41. The van der Waals surface area contributed by atoms with Crippen molar-refractivity contribution in [3.8, 4) is 5.75 Å². The smallest absolute Gasteiger partial charge is 0.489 e. The Morgan fingerprint density at radius 2 is 1.65 bits per heavy atom. The van der Waals surface area contributed by atoms with Gasteiger partial charge in [-0.2, -0.15) is 0 Å². The second kappa shape index (κ2) is 5.98.